The van der Waals surface area contributed by atoms with Gasteiger partial charge in [0.2, 0.25) is 0 Å². The zero-order valence-corrected chi connectivity index (χ0v) is 9.68. The normalized spacial score (nSPS) is 12.6. The maximum absolute atomic E-state index is 5.15. The van der Waals surface area contributed by atoms with Crippen LogP contribution in [0.2, 0.25) is 0 Å². The molecule has 0 saturated heterocycles. The number of benzene rings is 1. The smallest absolute Gasteiger partial charge is 0.133 e. The minimum atomic E-state index is 0.363. The predicted octanol–water partition coefficient (Wildman–Crippen LogP) is 2.74. The molecule has 0 bridgehead atoms. The Morgan fingerprint density at radius 3 is 2.62 bits per heavy atom. The van der Waals surface area contributed by atoms with Crippen LogP contribution in [0, 0.1) is 0 Å². The first-order valence-electron chi connectivity index (χ1n) is 4.19. The van der Waals surface area contributed by atoms with Crippen LogP contribution in [0.25, 0.3) is 0 Å². The molecule has 0 heterocycles. The molecule has 0 amide bonds. The van der Waals surface area contributed by atoms with Crippen molar-refractivity contribution >= 4 is 15.9 Å². The Balaban J connectivity index is 2.95. The number of nitrogens with one attached hydrogen (secondary N) is 1. The molecule has 0 saturated carbocycles. The number of halogens is 1. The van der Waals surface area contributed by atoms with Crippen LogP contribution in [-0.2, 0) is 0 Å². The van der Waals surface area contributed by atoms with Gasteiger partial charge >= 0.3 is 0 Å². The summed E-state index contributed by atoms with van der Waals surface area (Å²) >= 11 is 3.45. The summed E-state index contributed by atoms with van der Waals surface area (Å²) in [4.78, 5) is 0. The lowest BCUT2D eigenvalue weighted by molar-refractivity contribution is 0.411. The first kappa shape index (κ1) is 10.5. The molecule has 1 unspecified atom stereocenters. The van der Waals surface area contributed by atoms with Crippen molar-refractivity contribution in [3.63, 3.8) is 0 Å². The van der Waals surface area contributed by atoms with Crippen molar-refractivity contribution in [3.05, 3.63) is 28.2 Å². The summed E-state index contributed by atoms with van der Waals surface area (Å²) in [7, 11) is 3.62. The number of methoxy groups -OCH3 is 1. The van der Waals surface area contributed by atoms with Crippen LogP contribution in [0.3, 0.4) is 0 Å². The Morgan fingerprint density at radius 1 is 1.46 bits per heavy atom. The zero-order chi connectivity index (χ0) is 9.84. The average molecular weight is 244 g/mol. The van der Waals surface area contributed by atoms with Gasteiger partial charge in [-0.25, -0.2) is 0 Å². The van der Waals surface area contributed by atoms with Gasteiger partial charge in [-0.3, -0.25) is 0 Å². The van der Waals surface area contributed by atoms with Crippen LogP contribution in [0.4, 0.5) is 0 Å². The fraction of sp³-hybridized carbons (Fsp3) is 0.400. The molecule has 72 valence electrons. The number of hydrogen-bond donors (Lipinski definition) is 1. The minimum absolute atomic E-state index is 0.363. The predicted molar refractivity (Wildman–Crippen MR) is 58.2 cm³/mol. The molecule has 1 atom stereocenters. The van der Waals surface area contributed by atoms with E-state index in [0.29, 0.717) is 6.04 Å². The van der Waals surface area contributed by atoms with Crippen molar-refractivity contribution in [2.24, 2.45) is 0 Å². The lowest BCUT2D eigenvalue weighted by atomic mass is 10.1. The molecule has 1 N–H and O–H groups in total. The molecule has 0 spiro atoms. The van der Waals surface area contributed by atoms with Gasteiger partial charge < -0.3 is 10.1 Å². The summed E-state index contributed by atoms with van der Waals surface area (Å²) < 4.78 is 6.14. The van der Waals surface area contributed by atoms with Crippen molar-refractivity contribution in [1.29, 1.82) is 0 Å². The summed E-state index contributed by atoms with van der Waals surface area (Å²) in [6.45, 7) is 2.12. The van der Waals surface area contributed by atoms with Gasteiger partial charge in [-0.1, -0.05) is 6.07 Å². The van der Waals surface area contributed by atoms with Crippen molar-refractivity contribution in [2.75, 3.05) is 14.2 Å². The molecule has 0 fully saturated rings. The van der Waals surface area contributed by atoms with Gasteiger partial charge in [0, 0.05) is 6.04 Å². The molecule has 13 heavy (non-hydrogen) atoms. The highest BCUT2D eigenvalue weighted by Crippen LogP contribution is 2.27. The minimum Gasteiger partial charge on any atom is -0.496 e. The number of rotatable bonds is 3. The number of hydrogen-bond acceptors (Lipinski definition) is 2. The Morgan fingerprint density at radius 2 is 2.15 bits per heavy atom. The third-order valence-electron chi connectivity index (χ3n) is 2.11. The van der Waals surface area contributed by atoms with Gasteiger partial charge in [0.1, 0.15) is 5.75 Å². The molecule has 1 aromatic carbocycles. The van der Waals surface area contributed by atoms with E-state index in [4.69, 9.17) is 4.74 Å². The quantitative estimate of drug-likeness (QED) is 0.882. The highest BCUT2D eigenvalue weighted by molar-refractivity contribution is 9.10. The monoisotopic (exact) mass is 243 g/mol. The van der Waals surface area contributed by atoms with Crippen LogP contribution in [0.5, 0.6) is 5.75 Å². The third-order valence-corrected chi connectivity index (χ3v) is 2.73. The van der Waals surface area contributed by atoms with E-state index in [2.05, 4.69) is 40.3 Å². The number of ether oxygens (including phenoxy) is 1. The molecule has 0 aliphatic heterocycles. The molecular formula is C10H14BrNO. The second-order valence-corrected chi connectivity index (χ2v) is 3.76. The van der Waals surface area contributed by atoms with Crippen LogP contribution in [0.15, 0.2) is 22.7 Å². The van der Waals surface area contributed by atoms with Gasteiger partial charge in [0.15, 0.2) is 0 Å². The lowest BCUT2D eigenvalue weighted by Gasteiger charge is -2.12. The van der Waals surface area contributed by atoms with Crippen molar-refractivity contribution in [3.8, 4) is 5.75 Å². The largest absolute Gasteiger partial charge is 0.496 e. The van der Waals surface area contributed by atoms with Crippen molar-refractivity contribution in [2.45, 2.75) is 13.0 Å². The first-order valence-corrected chi connectivity index (χ1v) is 4.99. The van der Waals surface area contributed by atoms with E-state index in [-0.39, 0.29) is 0 Å². The Hall–Kier alpha value is -0.540. The highest BCUT2D eigenvalue weighted by atomic mass is 79.9. The third kappa shape index (κ3) is 2.45. The summed E-state index contributed by atoms with van der Waals surface area (Å²) in [6, 6.07) is 6.46. The second kappa shape index (κ2) is 4.63. The van der Waals surface area contributed by atoms with Gasteiger partial charge in [-0.05, 0) is 47.6 Å². The van der Waals surface area contributed by atoms with E-state index < -0.39 is 0 Å². The summed E-state index contributed by atoms with van der Waals surface area (Å²) in [5, 5.41) is 3.18. The molecule has 3 heteroatoms. The maximum atomic E-state index is 5.15. The Labute approximate surface area is 87.4 Å². The fourth-order valence-electron chi connectivity index (χ4n) is 1.12. The van der Waals surface area contributed by atoms with E-state index in [0.717, 1.165) is 10.2 Å². The van der Waals surface area contributed by atoms with E-state index in [9.17, 15) is 0 Å². The second-order valence-electron chi connectivity index (χ2n) is 2.90. The molecular weight excluding hydrogens is 230 g/mol. The van der Waals surface area contributed by atoms with Crippen LogP contribution in [-0.4, -0.2) is 14.2 Å². The lowest BCUT2D eigenvalue weighted by Crippen LogP contribution is -2.12. The Bertz CT molecular complexity index is 288. The molecule has 0 aromatic heterocycles. The van der Waals surface area contributed by atoms with Gasteiger partial charge in [-0.2, -0.15) is 0 Å². The van der Waals surface area contributed by atoms with Gasteiger partial charge in [-0.15, -0.1) is 0 Å². The first-order chi connectivity index (χ1) is 6.19. The summed E-state index contributed by atoms with van der Waals surface area (Å²) in [5.74, 6) is 0.868. The Kier molecular flexibility index (Phi) is 3.75. The molecule has 0 radical (unpaired) electrons. The molecule has 1 rings (SSSR count). The van der Waals surface area contributed by atoms with E-state index in [1.165, 1.54) is 5.56 Å². The topological polar surface area (TPSA) is 21.3 Å². The van der Waals surface area contributed by atoms with Crippen molar-refractivity contribution < 1.29 is 4.74 Å². The van der Waals surface area contributed by atoms with E-state index >= 15 is 0 Å². The molecule has 0 aliphatic carbocycles. The summed E-state index contributed by atoms with van der Waals surface area (Å²) in [5.41, 5.74) is 1.25. The zero-order valence-electron chi connectivity index (χ0n) is 8.10. The summed E-state index contributed by atoms with van der Waals surface area (Å²) in [6.07, 6.45) is 0. The standard InChI is InChI=1S/C10H14BrNO/c1-7(12-2)8-4-5-10(13-3)9(11)6-8/h4-7,12H,1-3H3. The molecule has 1 aromatic rings. The van der Waals surface area contributed by atoms with Crippen LogP contribution in [0.1, 0.15) is 18.5 Å². The molecule has 0 aliphatic rings. The van der Waals surface area contributed by atoms with Crippen molar-refractivity contribution in [1.82, 2.24) is 5.32 Å². The van der Waals surface area contributed by atoms with Crippen LogP contribution < -0.4 is 10.1 Å². The average Bonchev–Trinajstić information content (AvgIpc) is 2.16. The van der Waals surface area contributed by atoms with E-state index in [1.54, 1.807) is 7.11 Å². The SMILES string of the molecule is CNC(C)c1ccc(OC)c(Br)c1. The van der Waals surface area contributed by atoms with Crippen LogP contribution >= 0.6 is 15.9 Å². The fourth-order valence-corrected chi connectivity index (χ4v) is 1.68. The van der Waals surface area contributed by atoms with Gasteiger partial charge in [0.25, 0.3) is 0 Å². The van der Waals surface area contributed by atoms with Gasteiger partial charge in [0.05, 0.1) is 11.6 Å². The molecule has 2 nitrogen and oxygen atoms in total. The highest BCUT2D eigenvalue weighted by Gasteiger charge is 2.05. The maximum Gasteiger partial charge on any atom is 0.133 e. The van der Waals surface area contributed by atoms with E-state index in [1.807, 2.05) is 13.1 Å².